The summed E-state index contributed by atoms with van der Waals surface area (Å²) >= 11 is 0. The maximum atomic E-state index is 13.0. The number of aromatic nitrogens is 2. The Kier molecular flexibility index (Phi) is 5.39. The smallest absolute Gasteiger partial charge is 0.258 e. The van der Waals surface area contributed by atoms with Crippen LogP contribution in [-0.4, -0.2) is 48.8 Å². The highest BCUT2D eigenvalue weighted by molar-refractivity contribution is 5.67. The van der Waals surface area contributed by atoms with Crippen LogP contribution in [0.3, 0.4) is 0 Å². The third-order valence-corrected chi connectivity index (χ3v) is 5.53. The zero-order chi connectivity index (χ0) is 21.4. The van der Waals surface area contributed by atoms with E-state index in [1.807, 2.05) is 31.3 Å². The molecule has 1 aromatic carbocycles. The Morgan fingerprint density at radius 2 is 1.73 bits per heavy atom. The van der Waals surface area contributed by atoms with E-state index in [4.69, 9.17) is 14.5 Å². The lowest BCUT2D eigenvalue weighted by molar-refractivity contribution is 0.355. The van der Waals surface area contributed by atoms with Gasteiger partial charge in [0.05, 0.1) is 25.6 Å². The summed E-state index contributed by atoms with van der Waals surface area (Å²) in [6.45, 7) is 8.17. The van der Waals surface area contributed by atoms with Crippen molar-refractivity contribution < 1.29 is 9.47 Å². The van der Waals surface area contributed by atoms with E-state index in [1.54, 1.807) is 24.7 Å². The Labute approximate surface area is 176 Å². The molecule has 0 saturated carbocycles. The van der Waals surface area contributed by atoms with Crippen LogP contribution in [0.25, 0.3) is 16.9 Å². The van der Waals surface area contributed by atoms with Crippen molar-refractivity contribution in [3.63, 3.8) is 0 Å². The summed E-state index contributed by atoms with van der Waals surface area (Å²) in [6.07, 6.45) is 1.90. The van der Waals surface area contributed by atoms with E-state index in [0.29, 0.717) is 34.9 Å². The number of aryl methyl sites for hydroxylation is 1. The van der Waals surface area contributed by atoms with E-state index in [2.05, 4.69) is 30.1 Å². The summed E-state index contributed by atoms with van der Waals surface area (Å²) in [7, 11) is 3.19. The Balaban J connectivity index is 1.78. The molecule has 30 heavy (non-hydrogen) atoms. The monoisotopic (exact) mass is 408 g/mol. The molecule has 4 rings (SSSR count). The average Bonchev–Trinajstić information content (AvgIpc) is 2.72. The van der Waals surface area contributed by atoms with Gasteiger partial charge in [0.1, 0.15) is 5.65 Å². The van der Waals surface area contributed by atoms with Gasteiger partial charge in [-0.05, 0) is 50.6 Å². The number of methoxy groups -OCH3 is 2. The molecule has 0 amide bonds. The third kappa shape index (κ3) is 3.73. The number of anilines is 1. The van der Waals surface area contributed by atoms with Crippen molar-refractivity contribution in [2.45, 2.75) is 32.9 Å². The number of benzene rings is 1. The van der Waals surface area contributed by atoms with Crippen molar-refractivity contribution in [3.05, 3.63) is 52.4 Å². The second-order valence-corrected chi connectivity index (χ2v) is 8.00. The van der Waals surface area contributed by atoms with E-state index in [0.717, 1.165) is 29.9 Å². The van der Waals surface area contributed by atoms with Crippen LogP contribution >= 0.6 is 0 Å². The second-order valence-electron chi connectivity index (χ2n) is 8.00. The normalized spacial score (nSPS) is 19.2. The van der Waals surface area contributed by atoms with Crippen molar-refractivity contribution in [2.75, 3.05) is 32.2 Å². The van der Waals surface area contributed by atoms with Crippen molar-refractivity contribution in [3.8, 4) is 22.8 Å². The first-order valence-electron chi connectivity index (χ1n) is 10.2. The molecule has 7 heteroatoms. The topological polar surface area (TPSA) is 68.1 Å². The number of piperazine rings is 1. The number of pyridine rings is 1. The minimum atomic E-state index is -0.106. The van der Waals surface area contributed by atoms with Crippen LogP contribution in [0.1, 0.15) is 19.4 Å². The van der Waals surface area contributed by atoms with Gasteiger partial charge in [-0.15, -0.1) is 0 Å². The fourth-order valence-corrected chi connectivity index (χ4v) is 4.20. The van der Waals surface area contributed by atoms with Gasteiger partial charge in [-0.3, -0.25) is 9.20 Å². The summed E-state index contributed by atoms with van der Waals surface area (Å²) in [6, 6.07) is 10.0. The van der Waals surface area contributed by atoms with E-state index >= 15 is 0 Å². The number of hydrogen-bond acceptors (Lipinski definition) is 6. The first-order valence-corrected chi connectivity index (χ1v) is 10.2. The predicted molar refractivity (Wildman–Crippen MR) is 119 cm³/mol. The van der Waals surface area contributed by atoms with Crippen molar-refractivity contribution >= 4 is 11.3 Å². The minimum absolute atomic E-state index is 0.106. The fourth-order valence-electron chi connectivity index (χ4n) is 4.20. The summed E-state index contributed by atoms with van der Waals surface area (Å²) < 4.78 is 12.3. The summed E-state index contributed by atoms with van der Waals surface area (Å²) in [5, 5.41) is 3.54. The highest BCUT2D eigenvalue weighted by Gasteiger charge is 2.22. The standard InChI is InChI=1S/C23H28N4O3/c1-14-8-18(26-11-15(2)24-16(3)12-26)13-27-22(28)10-19(25-23(14)27)17-6-7-20(29-4)21(9-17)30-5/h6-10,13,15-16,24H,11-12H2,1-5H3. The molecule has 0 radical (unpaired) electrons. The molecule has 158 valence electrons. The van der Waals surface area contributed by atoms with Crippen molar-refractivity contribution in [2.24, 2.45) is 0 Å². The zero-order valence-electron chi connectivity index (χ0n) is 18.1. The van der Waals surface area contributed by atoms with Gasteiger partial charge in [-0.25, -0.2) is 4.98 Å². The largest absolute Gasteiger partial charge is 0.493 e. The molecule has 3 heterocycles. The Morgan fingerprint density at radius 1 is 1.03 bits per heavy atom. The molecule has 0 aliphatic carbocycles. The van der Waals surface area contributed by atoms with E-state index in [9.17, 15) is 4.79 Å². The first kappa shape index (κ1) is 20.2. The van der Waals surface area contributed by atoms with Crippen LogP contribution < -0.4 is 25.2 Å². The quantitative estimate of drug-likeness (QED) is 0.716. The number of hydrogen-bond donors (Lipinski definition) is 1. The summed E-state index contributed by atoms with van der Waals surface area (Å²) in [4.78, 5) is 20.1. The SMILES string of the molecule is COc1ccc(-c2cc(=O)n3cc(N4CC(C)NC(C)C4)cc(C)c3n2)cc1OC. The highest BCUT2D eigenvalue weighted by atomic mass is 16.5. The third-order valence-electron chi connectivity index (χ3n) is 5.53. The molecule has 7 nitrogen and oxygen atoms in total. The van der Waals surface area contributed by atoms with Gasteiger partial charge in [0.25, 0.3) is 5.56 Å². The molecule has 2 atom stereocenters. The maximum absolute atomic E-state index is 13.0. The van der Waals surface area contributed by atoms with E-state index in [1.165, 1.54) is 0 Å². The number of nitrogens with zero attached hydrogens (tertiary/aromatic N) is 3. The first-order chi connectivity index (χ1) is 14.4. The Morgan fingerprint density at radius 3 is 2.40 bits per heavy atom. The zero-order valence-corrected chi connectivity index (χ0v) is 18.1. The fraction of sp³-hybridized carbons (Fsp3) is 0.391. The lowest BCUT2D eigenvalue weighted by Crippen LogP contribution is -2.54. The number of ether oxygens (including phenoxy) is 2. The van der Waals surface area contributed by atoms with E-state index in [-0.39, 0.29) is 5.56 Å². The average molecular weight is 409 g/mol. The Bertz CT molecular complexity index is 1130. The predicted octanol–water partition coefficient (Wildman–Crippen LogP) is 2.87. The van der Waals surface area contributed by atoms with Gasteiger partial charge in [0.2, 0.25) is 0 Å². The van der Waals surface area contributed by atoms with Crippen LogP contribution in [0, 0.1) is 6.92 Å². The molecule has 1 fully saturated rings. The molecule has 0 spiro atoms. The molecule has 1 aliphatic rings. The van der Waals surface area contributed by atoms with Crippen molar-refractivity contribution in [1.82, 2.24) is 14.7 Å². The van der Waals surface area contributed by atoms with E-state index < -0.39 is 0 Å². The van der Waals surface area contributed by atoms with Gasteiger partial charge in [0, 0.05) is 43.0 Å². The molecule has 1 N–H and O–H groups in total. The maximum Gasteiger partial charge on any atom is 0.258 e. The van der Waals surface area contributed by atoms with Gasteiger partial charge in [-0.1, -0.05) is 0 Å². The molecular formula is C23H28N4O3. The number of fused-ring (bicyclic) bond motifs is 1. The van der Waals surface area contributed by atoms with Gasteiger partial charge < -0.3 is 19.7 Å². The van der Waals surface area contributed by atoms with Gasteiger partial charge in [0.15, 0.2) is 11.5 Å². The molecule has 0 bridgehead atoms. The van der Waals surface area contributed by atoms with Crippen LogP contribution in [0.2, 0.25) is 0 Å². The minimum Gasteiger partial charge on any atom is -0.493 e. The van der Waals surface area contributed by atoms with Crippen LogP contribution in [-0.2, 0) is 0 Å². The number of nitrogens with one attached hydrogen (secondary N) is 1. The summed E-state index contributed by atoms with van der Waals surface area (Å²) in [5.74, 6) is 1.24. The lowest BCUT2D eigenvalue weighted by Gasteiger charge is -2.37. The number of rotatable bonds is 4. The molecule has 2 aromatic heterocycles. The molecule has 2 unspecified atom stereocenters. The van der Waals surface area contributed by atoms with Crippen LogP contribution in [0.5, 0.6) is 11.5 Å². The van der Waals surface area contributed by atoms with Crippen molar-refractivity contribution in [1.29, 1.82) is 0 Å². The molecule has 1 aliphatic heterocycles. The van der Waals surface area contributed by atoms with Crippen LogP contribution in [0.4, 0.5) is 5.69 Å². The summed E-state index contributed by atoms with van der Waals surface area (Å²) in [5.41, 5.74) is 3.98. The highest BCUT2D eigenvalue weighted by Crippen LogP contribution is 2.31. The molecule has 3 aromatic rings. The van der Waals surface area contributed by atoms with Crippen LogP contribution in [0.15, 0.2) is 41.3 Å². The lowest BCUT2D eigenvalue weighted by atomic mass is 10.1. The van der Waals surface area contributed by atoms with Gasteiger partial charge >= 0.3 is 0 Å². The Hall–Kier alpha value is -3.06. The molecular weight excluding hydrogens is 380 g/mol. The molecule has 1 saturated heterocycles. The van der Waals surface area contributed by atoms with Gasteiger partial charge in [-0.2, -0.15) is 0 Å². The second kappa shape index (κ2) is 7.99.